The molecule has 3 N–H and O–H groups in total. The number of hydrogen-bond acceptors (Lipinski definition) is 4. The number of amides is 1. The van der Waals surface area contributed by atoms with Gasteiger partial charge >= 0.3 is 0 Å². The number of aryl methyl sites for hydroxylation is 1. The van der Waals surface area contributed by atoms with Crippen LogP contribution in [0.15, 0.2) is 5.38 Å². The van der Waals surface area contributed by atoms with E-state index in [0.717, 1.165) is 49.2 Å². The van der Waals surface area contributed by atoms with Crippen LogP contribution in [0.3, 0.4) is 0 Å². The number of rotatable bonds is 5. The van der Waals surface area contributed by atoms with Crippen molar-refractivity contribution in [3.63, 3.8) is 0 Å². The molecule has 1 fully saturated rings. The fourth-order valence-electron chi connectivity index (χ4n) is 2.74. The van der Waals surface area contributed by atoms with Crippen molar-refractivity contribution in [3.05, 3.63) is 16.1 Å². The topological polar surface area (TPSA) is 68.0 Å². The first-order chi connectivity index (χ1) is 9.54. The lowest BCUT2D eigenvalue weighted by atomic mass is 9.73. The van der Waals surface area contributed by atoms with E-state index < -0.39 is 5.41 Å². The highest BCUT2D eigenvalue weighted by atomic mass is 32.1. The molecule has 1 aromatic rings. The van der Waals surface area contributed by atoms with Crippen molar-refractivity contribution >= 4 is 34.5 Å². The third-order valence-electron chi connectivity index (χ3n) is 3.95. The Kier molecular flexibility index (Phi) is 5.10. The number of aromatic nitrogens is 1. The largest absolute Gasteiger partial charge is 0.392 e. The number of carbonyl (C=O) groups excluding carboxylic acids is 1. The maximum Gasteiger partial charge on any atom is 0.233 e. The summed E-state index contributed by atoms with van der Waals surface area (Å²) in [6.07, 6.45) is 5.53. The third kappa shape index (κ3) is 3.35. The summed E-state index contributed by atoms with van der Waals surface area (Å²) in [7, 11) is 0. The molecule has 20 heavy (non-hydrogen) atoms. The van der Waals surface area contributed by atoms with E-state index in [1.807, 2.05) is 12.3 Å². The number of thiocarbonyl (C=S) groups is 1. The molecule has 1 aromatic heterocycles. The number of thiazole rings is 1. The Morgan fingerprint density at radius 1 is 1.50 bits per heavy atom. The van der Waals surface area contributed by atoms with E-state index >= 15 is 0 Å². The Labute approximate surface area is 129 Å². The lowest BCUT2D eigenvalue weighted by molar-refractivity contribution is -0.128. The molecule has 1 saturated carbocycles. The van der Waals surface area contributed by atoms with Crippen LogP contribution >= 0.6 is 23.6 Å². The van der Waals surface area contributed by atoms with Crippen LogP contribution in [0, 0.1) is 12.3 Å². The summed E-state index contributed by atoms with van der Waals surface area (Å²) in [6.45, 7) is 2.57. The Balaban J connectivity index is 1.90. The van der Waals surface area contributed by atoms with Crippen LogP contribution in [0.2, 0.25) is 0 Å². The summed E-state index contributed by atoms with van der Waals surface area (Å²) in [6, 6.07) is 0. The van der Waals surface area contributed by atoms with Gasteiger partial charge in [-0.15, -0.1) is 11.3 Å². The Hall–Kier alpha value is -1.01. The first-order valence-corrected chi connectivity index (χ1v) is 8.32. The molecule has 1 aliphatic carbocycles. The van der Waals surface area contributed by atoms with E-state index in [-0.39, 0.29) is 5.91 Å². The maximum absolute atomic E-state index is 12.5. The van der Waals surface area contributed by atoms with Crippen LogP contribution < -0.4 is 11.1 Å². The molecule has 0 unspecified atom stereocenters. The highest BCUT2D eigenvalue weighted by Gasteiger charge is 2.42. The van der Waals surface area contributed by atoms with Gasteiger partial charge in [0, 0.05) is 18.3 Å². The van der Waals surface area contributed by atoms with Crippen LogP contribution in [0.25, 0.3) is 0 Å². The van der Waals surface area contributed by atoms with Gasteiger partial charge in [0.2, 0.25) is 5.91 Å². The van der Waals surface area contributed by atoms with Gasteiger partial charge in [0.1, 0.15) is 0 Å². The van der Waals surface area contributed by atoms with Gasteiger partial charge in [-0.3, -0.25) is 4.79 Å². The lowest BCUT2D eigenvalue weighted by Gasteiger charge is -2.34. The lowest BCUT2D eigenvalue weighted by Crippen LogP contribution is -2.50. The Morgan fingerprint density at radius 2 is 2.20 bits per heavy atom. The molecule has 1 amide bonds. The molecule has 6 heteroatoms. The monoisotopic (exact) mass is 311 g/mol. The van der Waals surface area contributed by atoms with Gasteiger partial charge in [-0.1, -0.05) is 31.5 Å². The zero-order chi connectivity index (χ0) is 14.6. The quantitative estimate of drug-likeness (QED) is 0.819. The normalized spacial score (nSPS) is 17.6. The molecule has 0 aliphatic heterocycles. The van der Waals surface area contributed by atoms with Gasteiger partial charge in [-0.25, -0.2) is 4.98 Å². The second kappa shape index (κ2) is 6.63. The molecule has 4 nitrogen and oxygen atoms in total. The van der Waals surface area contributed by atoms with Crippen molar-refractivity contribution in [1.29, 1.82) is 0 Å². The molecule has 0 radical (unpaired) electrons. The van der Waals surface area contributed by atoms with Gasteiger partial charge in [-0.05, 0) is 19.8 Å². The average Bonchev–Trinajstić information content (AvgIpc) is 2.85. The molecule has 110 valence electrons. The molecule has 0 bridgehead atoms. The number of nitrogens with one attached hydrogen (secondary N) is 1. The maximum atomic E-state index is 12.5. The van der Waals surface area contributed by atoms with Crippen molar-refractivity contribution in [2.45, 2.75) is 45.4 Å². The van der Waals surface area contributed by atoms with Crippen molar-refractivity contribution in [2.75, 3.05) is 6.54 Å². The third-order valence-corrected chi connectivity index (χ3v) is 5.16. The first kappa shape index (κ1) is 15.4. The summed E-state index contributed by atoms with van der Waals surface area (Å²) in [5.74, 6) is -0.00310. The van der Waals surface area contributed by atoms with E-state index in [1.54, 1.807) is 11.3 Å². The van der Waals surface area contributed by atoms with Crippen LogP contribution in [0.1, 0.15) is 42.8 Å². The fraction of sp³-hybridized carbons (Fsp3) is 0.643. The van der Waals surface area contributed by atoms with Crippen molar-refractivity contribution in [3.8, 4) is 0 Å². The summed E-state index contributed by atoms with van der Waals surface area (Å²) < 4.78 is 0. The summed E-state index contributed by atoms with van der Waals surface area (Å²) >= 11 is 6.79. The smallest absolute Gasteiger partial charge is 0.233 e. The van der Waals surface area contributed by atoms with E-state index in [0.29, 0.717) is 11.5 Å². The zero-order valence-electron chi connectivity index (χ0n) is 11.8. The van der Waals surface area contributed by atoms with Crippen molar-refractivity contribution < 1.29 is 4.79 Å². The van der Waals surface area contributed by atoms with Gasteiger partial charge in [0.15, 0.2) is 0 Å². The predicted octanol–water partition coefficient (Wildman–Crippen LogP) is 2.35. The van der Waals surface area contributed by atoms with E-state index in [9.17, 15) is 4.79 Å². The molecule has 0 atom stereocenters. The van der Waals surface area contributed by atoms with Gasteiger partial charge in [0.05, 0.1) is 21.1 Å². The van der Waals surface area contributed by atoms with E-state index in [4.69, 9.17) is 18.0 Å². The minimum atomic E-state index is -0.619. The van der Waals surface area contributed by atoms with Gasteiger partial charge in [-0.2, -0.15) is 0 Å². The molecular formula is C14H21N3OS2. The molecule has 1 heterocycles. The van der Waals surface area contributed by atoms with Crippen LogP contribution in [0.4, 0.5) is 0 Å². The SMILES string of the molecule is Cc1nc(CCNC(=O)C2(C(N)=S)CCCCC2)cs1. The predicted molar refractivity (Wildman–Crippen MR) is 85.9 cm³/mol. The molecular weight excluding hydrogens is 290 g/mol. The van der Waals surface area contributed by atoms with Gasteiger partial charge < -0.3 is 11.1 Å². The number of hydrogen-bond donors (Lipinski definition) is 2. The second-order valence-electron chi connectivity index (χ2n) is 5.37. The Morgan fingerprint density at radius 3 is 2.75 bits per heavy atom. The molecule has 0 spiro atoms. The highest BCUT2D eigenvalue weighted by Crippen LogP contribution is 2.36. The highest BCUT2D eigenvalue weighted by molar-refractivity contribution is 7.80. The summed E-state index contributed by atoms with van der Waals surface area (Å²) in [5, 5.41) is 6.08. The average molecular weight is 311 g/mol. The van der Waals surface area contributed by atoms with Crippen molar-refractivity contribution in [1.82, 2.24) is 10.3 Å². The van der Waals surface area contributed by atoms with Crippen LogP contribution in [-0.2, 0) is 11.2 Å². The number of nitrogens with zero attached hydrogens (tertiary/aromatic N) is 1. The number of nitrogens with two attached hydrogens (primary N) is 1. The Bertz CT molecular complexity index is 492. The summed E-state index contributed by atoms with van der Waals surface area (Å²) in [4.78, 5) is 17.2. The van der Waals surface area contributed by atoms with E-state index in [2.05, 4.69) is 10.3 Å². The molecule has 0 saturated heterocycles. The minimum absolute atomic E-state index is 0.00310. The second-order valence-corrected chi connectivity index (χ2v) is 6.87. The molecule has 1 aliphatic rings. The first-order valence-electron chi connectivity index (χ1n) is 7.04. The standard InChI is InChI=1S/C14H21N3OS2/c1-10-17-11(9-20-10)5-8-16-13(18)14(12(15)19)6-3-2-4-7-14/h9H,2-8H2,1H3,(H2,15,19)(H,16,18). The minimum Gasteiger partial charge on any atom is -0.392 e. The summed E-state index contributed by atoms with van der Waals surface area (Å²) in [5.41, 5.74) is 6.26. The van der Waals surface area contributed by atoms with Gasteiger partial charge in [0.25, 0.3) is 0 Å². The molecule has 0 aromatic carbocycles. The van der Waals surface area contributed by atoms with Crippen LogP contribution in [0.5, 0.6) is 0 Å². The molecule has 2 rings (SSSR count). The number of carbonyl (C=O) groups is 1. The fourth-order valence-corrected chi connectivity index (χ4v) is 3.68. The van der Waals surface area contributed by atoms with Crippen LogP contribution in [-0.4, -0.2) is 22.4 Å². The van der Waals surface area contributed by atoms with E-state index in [1.165, 1.54) is 0 Å². The zero-order valence-corrected chi connectivity index (χ0v) is 13.4. The van der Waals surface area contributed by atoms with Crippen molar-refractivity contribution in [2.24, 2.45) is 11.1 Å².